The van der Waals surface area contributed by atoms with E-state index in [2.05, 4.69) is 5.32 Å². The van der Waals surface area contributed by atoms with Crippen LogP contribution in [0.1, 0.15) is 23.2 Å². The van der Waals surface area contributed by atoms with Crippen LogP contribution in [-0.4, -0.2) is 46.4 Å². The largest absolute Gasteiger partial charge is 0.478 e. The number of nitro groups is 1. The van der Waals surface area contributed by atoms with Gasteiger partial charge in [-0.05, 0) is 25.0 Å². The van der Waals surface area contributed by atoms with Crippen LogP contribution in [0, 0.1) is 10.1 Å². The summed E-state index contributed by atoms with van der Waals surface area (Å²) in [6.45, 7) is 1.29. The summed E-state index contributed by atoms with van der Waals surface area (Å²) >= 11 is 0. The van der Waals surface area contributed by atoms with Gasteiger partial charge in [0, 0.05) is 19.2 Å². The highest BCUT2D eigenvalue weighted by molar-refractivity contribution is 5.90. The Morgan fingerprint density at radius 2 is 2.00 bits per heavy atom. The van der Waals surface area contributed by atoms with E-state index < -0.39 is 10.9 Å². The summed E-state index contributed by atoms with van der Waals surface area (Å²) in [5, 5.41) is 22.5. The summed E-state index contributed by atoms with van der Waals surface area (Å²) in [6.07, 6.45) is 1.92. The van der Waals surface area contributed by atoms with Crippen molar-refractivity contribution in [1.82, 2.24) is 4.90 Å². The average Bonchev–Trinajstić information content (AvgIpc) is 2.98. The Hall–Kier alpha value is -2.64. The summed E-state index contributed by atoms with van der Waals surface area (Å²) < 4.78 is 0. The second-order valence-electron chi connectivity index (χ2n) is 4.74. The second kappa shape index (κ2) is 6.21. The number of carboxylic acids is 1. The van der Waals surface area contributed by atoms with Gasteiger partial charge in [-0.25, -0.2) is 4.79 Å². The van der Waals surface area contributed by atoms with Gasteiger partial charge in [0.15, 0.2) is 0 Å². The number of carbonyl (C=O) groups is 2. The molecule has 8 heteroatoms. The minimum absolute atomic E-state index is 0.0347. The van der Waals surface area contributed by atoms with Crippen molar-refractivity contribution >= 4 is 23.3 Å². The zero-order chi connectivity index (χ0) is 15.4. The zero-order valence-corrected chi connectivity index (χ0v) is 11.2. The predicted octanol–water partition coefficient (Wildman–Crippen LogP) is 1.33. The number of hydrogen-bond donors (Lipinski definition) is 2. The molecule has 1 amide bonds. The van der Waals surface area contributed by atoms with Gasteiger partial charge in [0.25, 0.3) is 5.69 Å². The van der Waals surface area contributed by atoms with Gasteiger partial charge in [0.05, 0.1) is 17.0 Å². The van der Waals surface area contributed by atoms with Crippen molar-refractivity contribution in [1.29, 1.82) is 0 Å². The van der Waals surface area contributed by atoms with E-state index in [1.807, 2.05) is 0 Å². The first-order valence-electron chi connectivity index (χ1n) is 6.52. The minimum Gasteiger partial charge on any atom is -0.478 e. The number of nitrogens with one attached hydrogen (secondary N) is 1. The Labute approximate surface area is 120 Å². The Balaban J connectivity index is 2.12. The third-order valence-corrected chi connectivity index (χ3v) is 3.33. The lowest BCUT2D eigenvalue weighted by Gasteiger charge is -2.16. The number of amides is 1. The third-order valence-electron chi connectivity index (χ3n) is 3.33. The number of benzene rings is 1. The molecule has 1 heterocycles. The maximum atomic E-state index is 11.9. The molecule has 0 atom stereocenters. The van der Waals surface area contributed by atoms with Crippen LogP contribution >= 0.6 is 0 Å². The van der Waals surface area contributed by atoms with Crippen molar-refractivity contribution in [2.24, 2.45) is 0 Å². The monoisotopic (exact) mass is 293 g/mol. The molecule has 8 nitrogen and oxygen atoms in total. The molecule has 0 aromatic heterocycles. The molecule has 1 aromatic carbocycles. The molecule has 0 unspecified atom stereocenters. The quantitative estimate of drug-likeness (QED) is 0.625. The van der Waals surface area contributed by atoms with Gasteiger partial charge in [0.1, 0.15) is 5.69 Å². The molecule has 0 spiro atoms. The fourth-order valence-corrected chi connectivity index (χ4v) is 2.22. The molecule has 1 fully saturated rings. The molecule has 0 saturated carbocycles. The molecule has 1 aliphatic rings. The normalized spacial score (nSPS) is 14.0. The van der Waals surface area contributed by atoms with Gasteiger partial charge < -0.3 is 15.3 Å². The molecule has 0 bridgehead atoms. The first kappa shape index (κ1) is 14.8. The zero-order valence-electron chi connectivity index (χ0n) is 11.2. The van der Waals surface area contributed by atoms with E-state index in [0.29, 0.717) is 13.1 Å². The van der Waals surface area contributed by atoms with Crippen molar-refractivity contribution in [3.8, 4) is 0 Å². The van der Waals surface area contributed by atoms with Gasteiger partial charge in [0.2, 0.25) is 5.91 Å². The van der Waals surface area contributed by atoms with Crippen LogP contribution in [0.4, 0.5) is 11.4 Å². The van der Waals surface area contributed by atoms with Gasteiger partial charge >= 0.3 is 5.97 Å². The Morgan fingerprint density at radius 3 is 2.57 bits per heavy atom. The molecule has 2 N–H and O–H groups in total. The number of aromatic carboxylic acids is 1. The van der Waals surface area contributed by atoms with E-state index in [1.54, 1.807) is 4.90 Å². The van der Waals surface area contributed by atoms with Gasteiger partial charge in [-0.15, -0.1) is 0 Å². The summed E-state index contributed by atoms with van der Waals surface area (Å²) in [5.74, 6) is -1.33. The highest BCUT2D eigenvalue weighted by Crippen LogP contribution is 2.25. The van der Waals surface area contributed by atoms with Crippen LogP contribution in [0.15, 0.2) is 18.2 Å². The lowest BCUT2D eigenvalue weighted by Crippen LogP contribution is -2.33. The fourth-order valence-electron chi connectivity index (χ4n) is 2.22. The molecular weight excluding hydrogens is 278 g/mol. The minimum atomic E-state index is -1.18. The van der Waals surface area contributed by atoms with E-state index in [4.69, 9.17) is 5.11 Å². The van der Waals surface area contributed by atoms with Crippen molar-refractivity contribution in [2.75, 3.05) is 25.0 Å². The first-order chi connectivity index (χ1) is 9.99. The molecule has 21 heavy (non-hydrogen) atoms. The van der Waals surface area contributed by atoms with Crippen molar-refractivity contribution in [3.63, 3.8) is 0 Å². The molecule has 0 aliphatic carbocycles. The number of rotatable bonds is 5. The highest BCUT2D eigenvalue weighted by Gasteiger charge is 2.20. The number of nitrogens with zero attached hydrogens (tertiary/aromatic N) is 2. The number of hydrogen-bond acceptors (Lipinski definition) is 5. The maximum absolute atomic E-state index is 11.9. The smallest absolute Gasteiger partial charge is 0.335 e. The molecule has 112 valence electrons. The lowest BCUT2D eigenvalue weighted by molar-refractivity contribution is -0.384. The average molecular weight is 293 g/mol. The summed E-state index contributed by atoms with van der Waals surface area (Å²) in [6, 6.07) is 3.44. The van der Waals surface area contributed by atoms with E-state index in [9.17, 15) is 19.7 Å². The number of carbonyl (C=O) groups excluding carboxylic acids is 1. The number of likely N-dealkylation sites (tertiary alicyclic amines) is 1. The number of carboxylic acid groups (broad SMARTS) is 1. The molecule has 1 aliphatic heterocycles. The maximum Gasteiger partial charge on any atom is 0.335 e. The van der Waals surface area contributed by atoms with Crippen LogP contribution < -0.4 is 5.32 Å². The van der Waals surface area contributed by atoms with Crippen LogP contribution in [-0.2, 0) is 4.79 Å². The number of anilines is 1. The van der Waals surface area contributed by atoms with Crippen LogP contribution in [0.2, 0.25) is 0 Å². The van der Waals surface area contributed by atoms with Gasteiger partial charge in [-0.2, -0.15) is 0 Å². The SMILES string of the molecule is O=C(O)c1ccc([N+](=O)[O-])c(NCC(=O)N2CCCC2)c1. The van der Waals surface area contributed by atoms with E-state index >= 15 is 0 Å². The number of nitro benzene ring substituents is 1. The van der Waals surface area contributed by atoms with Crippen molar-refractivity contribution in [3.05, 3.63) is 33.9 Å². The highest BCUT2D eigenvalue weighted by atomic mass is 16.6. The summed E-state index contributed by atoms with van der Waals surface area (Å²) in [5.41, 5.74) is -0.293. The first-order valence-corrected chi connectivity index (χ1v) is 6.52. The Bertz CT molecular complexity index is 581. The lowest BCUT2D eigenvalue weighted by atomic mass is 10.1. The second-order valence-corrected chi connectivity index (χ2v) is 4.74. The summed E-state index contributed by atoms with van der Waals surface area (Å²) in [7, 11) is 0. The van der Waals surface area contributed by atoms with E-state index in [-0.39, 0.29) is 29.4 Å². The Kier molecular flexibility index (Phi) is 4.36. The standard InChI is InChI=1S/C13H15N3O5/c17-12(15-5-1-2-6-15)8-14-10-7-9(13(18)19)3-4-11(10)16(20)21/h3-4,7,14H,1-2,5-6,8H2,(H,18,19). The molecular formula is C13H15N3O5. The summed E-state index contributed by atoms with van der Waals surface area (Å²) in [4.78, 5) is 34.8. The fraction of sp³-hybridized carbons (Fsp3) is 0.385. The van der Waals surface area contributed by atoms with E-state index in [0.717, 1.165) is 31.0 Å². The predicted molar refractivity (Wildman–Crippen MR) is 74.4 cm³/mol. The molecule has 1 saturated heterocycles. The third kappa shape index (κ3) is 3.47. The van der Waals surface area contributed by atoms with Crippen LogP contribution in [0.3, 0.4) is 0 Å². The topological polar surface area (TPSA) is 113 Å². The van der Waals surface area contributed by atoms with Crippen molar-refractivity contribution in [2.45, 2.75) is 12.8 Å². The molecule has 2 rings (SSSR count). The molecule has 0 radical (unpaired) electrons. The molecule has 1 aromatic rings. The van der Waals surface area contributed by atoms with Crippen molar-refractivity contribution < 1.29 is 19.6 Å². The Morgan fingerprint density at radius 1 is 1.33 bits per heavy atom. The van der Waals surface area contributed by atoms with Crippen LogP contribution in [0.25, 0.3) is 0 Å². The van der Waals surface area contributed by atoms with Gasteiger partial charge in [-0.3, -0.25) is 14.9 Å². The van der Waals surface area contributed by atoms with Gasteiger partial charge in [-0.1, -0.05) is 0 Å². The van der Waals surface area contributed by atoms with E-state index in [1.165, 1.54) is 0 Å². The van der Waals surface area contributed by atoms with Crippen LogP contribution in [0.5, 0.6) is 0 Å².